The van der Waals surface area contributed by atoms with Gasteiger partial charge in [-0.05, 0) is 41.8 Å². The average molecular weight is 390 g/mol. The van der Waals surface area contributed by atoms with Crippen molar-refractivity contribution in [1.82, 2.24) is 4.90 Å². The largest absolute Gasteiger partial charge is 0.508 e. The van der Waals surface area contributed by atoms with Crippen LogP contribution in [0.3, 0.4) is 0 Å². The second-order valence-corrected chi connectivity index (χ2v) is 7.22. The summed E-state index contributed by atoms with van der Waals surface area (Å²) >= 11 is 0.423. The summed E-state index contributed by atoms with van der Waals surface area (Å²) in [5, 5.41) is 12.1. The first kappa shape index (κ1) is 19.4. The molecule has 0 radical (unpaired) electrons. The van der Waals surface area contributed by atoms with E-state index >= 15 is 0 Å². The highest BCUT2D eigenvalue weighted by Crippen LogP contribution is 2.31. The molecule has 7 heteroatoms. The summed E-state index contributed by atoms with van der Waals surface area (Å²) in [4.78, 5) is 14.7. The Balaban J connectivity index is 1.56. The standard InChI is InChI=1S/C20H20F2N2O2S/c21-20(22)27-18-4-2-1-3-17(18)23-19(26)13-24-11-9-15(10-12-24)14-5-7-16(25)8-6-14/h1-9,20,25H,10-13H2,(H,23,26). The molecule has 27 heavy (non-hydrogen) atoms. The third-order valence-electron chi connectivity index (χ3n) is 4.28. The molecule has 0 aromatic heterocycles. The molecule has 0 spiro atoms. The number of carbonyl (C=O) groups excluding carboxylic acids is 1. The first-order chi connectivity index (χ1) is 13.0. The van der Waals surface area contributed by atoms with Gasteiger partial charge in [-0.3, -0.25) is 9.69 Å². The van der Waals surface area contributed by atoms with Gasteiger partial charge >= 0.3 is 0 Å². The summed E-state index contributed by atoms with van der Waals surface area (Å²) in [6, 6.07) is 13.6. The summed E-state index contributed by atoms with van der Waals surface area (Å²) in [6.07, 6.45) is 2.87. The molecule has 1 aliphatic heterocycles. The first-order valence-corrected chi connectivity index (χ1v) is 9.44. The second-order valence-electron chi connectivity index (χ2n) is 6.18. The van der Waals surface area contributed by atoms with E-state index in [0.717, 1.165) is 18.5 Å². The van der Waals surface area contributed by atoms with Crippen LogP contribution in [0.2, 0.25) is 0 Å². The number of hydrogen-bond donors (Lipinski definition) is 2. The molecule has 0 atom stereocenters. The van der Waals surface area contributed by atoms with Crippen LogP contribution in [-0.2, 0) is 4.79 Å². The number of alkyl halides is 2. The molecule has 3 rings (SSSR count). The van der Waals surface area contributed by atoms with Crippen LogP contribution in [0, 0.1) is 0 Å². The van der Waals surface area contributed by atoms with Crippen LogP contribution in [0.25, 0.3) is 5.57 Å². The number of amides is 1. The van der Waals surface area contributed by atoms with Gasteiger partial charge in [-0.1, -0.05) is 42.1 Å². The summed E-state index contributed by atoms with van der Waals surface area (Å²) in [6.45, 7) is 1.57. The Morgan fingerprint density at radius 3 is 2.59 bits per heavy atom. The minimum atomic E-state index is -2.53. The molecule has 142 valence electrons. The van der Waals surface area contributed by atoms with E-state index in [1.54, 1.807) is 36.4 Å². The summed E-state index contributed by atoms with van der Waals surface area (Å²) in [7, 11) is 0. The van der Waals surface area contributed by atoms with E-state index in [1.165, 1.54) is 5.57 Å². The number of phenols is 1. The van der Waals surface area contributed by atoms with E-state index in [4.69, 9.17) is 0 Å². The van der Waals surface area contributed by atoms with Crippen LogP contribution >= 0.6 is 11.8 Å². The van der Waals surface area contributed by atoms with E-state index in [1.807, 2.05) is 17.0 Å². The fraction of sp³-hybridized carbons (Fsp3) is 0.250. The number of rotatable bonds is 6. The number of benzene rings is 2. The number of para-hydroxylation sites is 1. The SMILES string of the molecule is O=C(CN1CC=C(c2ccc(O)cc2)CC1)Nc1ccccc1SC(F)F. The topological polar surface area (TPSA) is 52.6 Å². The van der Waals surface area contributed by atoms with E-state index < -0.39 is 5.76 Å². The Labute approximate surface area is 160 Å². The molecule has 2 aromatic carbocycles. The van der Waals surface area contributed by atoms with E-state index in [9.17, 15) is 18.7 Å². The van der Waals surface area contributed by atoms with Crippen molar-refractivity contribution >= 4 is 28.9 Å². The van der Waals surface area contributed by atoms with E-state index in [0.29, 0.717) is 28.9 Å². The van der Waals surface area contributed by atoms with Crippen molar-refractivity contribution in [3.8, 4) is 5.75 Å². The monoisotopic (exact) mass is 390 g/mol. The van der Waals surface area contributed by atoms with Crippen molar-refractivity contribution in [3.05, 3.63) is 60.2 Å². The van der Waals surface area contributed by atoms with Gasteiger partial charge in [0.2, 0.25) is 5.91 Å². The summed E-state index contributed by atoms with van der Waals surface area (Å²) in [5.74, 6) is -2.52. The molecule has 0 unspecified atom stereocenters. The molecule has 1 heterocycles. The maximum Gasteiger partial charge on any atom is 0.288 e. The molecule has 4 nitrogen and oxygen atoms in total. The molecule has 0 saturated carbocycles. The zero-order valence-corrected chi connectivity index (χ0v) is 15.4. The highest BCUT2D eigenvalue weighted by atomic mass is 32.2. The van der Waals surface area contributed by atoms with Crippen LogP contribution in [0.4, 0.5) is 14.5 Å². The number of phenolic OH excluding ortho intramolecular Hbond substituents is 1. The van der Waals surface area contributed by atoms with Gasteiger partial charge in [0.25, 0.3) is 5.76 Å². The third-order valence-corrected chi connectivity index (χ3v) is 5.06. The number of hydrogen-bond acceptors (Lipinski definition) is 4. The number of thioether (sulfide) groups is 1. The Hall–Kier alpha value is -2.38. The van der Waals surface area contributed by atoms with Gasteiger partial charge in [-0.15, -0.1) is 0 Å². The van der Waals surface area contributed by atoms with Crippen molar-refractivity contribution in [2.75, 3.05) is 25.0 Å². The maximum absolute atomic E-state index is 12.6. The fourth-order valence-corrected chi connectivity index (χ4v) is 3.55. The zero-order chi connectivity index (χ0) is 19.2. The van der Waals surface area contributed by atoms with Gasteiger partial charge < -0.3 is 10.4 Å². The predicted molar refractivity (Wildman–Crippen MR) is 104 cm³/mol. The fourth-order valence-electron chi connectivity index (χ4n) is 2.95. The number of nitrogens with one attached hydrogen (secondary N) is 1. The summed E-state index contributed by atoms with van der Waals surface area (Å²) < 4.78 is 25.3. The zero-order valence-electron chi connectivity index (χ0n) is 14.6. The second kappa shape index (κ2) is 9.01. The third kappa shape index (κ3) is 5.55. The number of anilines is 1. The normalized spacial score (nSPS) is 14.9. The minimum absolute atomic E-state index is 0.201. The van der Waals surface area contributed by atoms with Gasteiger partial charge in [0.15, 0.2) is 0 Å². The maximum atomic E-state index is 12.6. The first-order valence-electron chi connectivity index (χ1n) is 8.56. The Bertz CT molecular complexity index is 825. The van der Waals surface area contributed by atoms with Gasteiger partial charge in [0.1, 0.15) is 5.75 Å². The highest BCUT2D eigenvalue weighted by molar-refractivity contribution is 7.99. The van der Waals surface area contributed by atoms with Crippen LogP contribution in [0.5, 0.6) is 5.75 Å². The number of nitrogens with zero attached hydrogens (tertiary/aromatic N) is 1. The van der Waals surface area contributed by atoms with Crippen LogP contribution in [0.1, 0.15) is 12.0 Å². The number of carbonyl (C=O) groups is 1. The molecule has 0 bridgehead atoms. The smallest absolute Gasteiger partial charge is 0.288 e. The Kier molecular flexibility index (Phi) is 6.47. The lowest BCUT2D eigenvalue weighted by Crippen LogP contribution is -2.36. The van der Waals surface area contributed by atoms with Gasteiger partial charge in [-0.25, -0.2) is 0 Å². The molecule has 2 N–H and O–H groups in total. The molecule has 0 aliphatic carbocycles. The van der Waals surface area contributed by atoms with Crippen molar-refractivity contribution in [3.63, 3.8) is 0 Å². The molecule has 0 fully saturated rings. The lowest BCUT2D eigenvalue weighted by atomic mass is 9.99. The average Bonchev–Trinajstić information content (AvgIpc) is 2.64. The quantitative estimate of drug-likeness (QED) is 0.717. The lowest BCUT2D eigenvalue weighted by Gasteiger charge is -2.26. The molecule has 2 aromatic rings. The van der Waals surface area contributed by atoms with Crippen molar-refractivity contribution in [1.29, 1.82) is 0 Å². The van der Waals surface area contributed by atoms with Crippen LogP contribution in [-0.4, -0.2) is 41.3 Å². The molecule has 1 aliphatic rings. The van der Waals surface area contributed by atoms with Gasteiger partial charge in [-0.2, -0.15) is 8.78 Å². The van der Waals surface area contributed by atoms with Crippen molar-refractivity contribution in [2.24, 2.45) is 0 Å². The van der Waals surface area contributed by atoms with Gasteiger partial charge in [0.05, 0.1) is 12.2 Å². The van der Waals surface area contributed by atoms with Crippen LogP contribution < -0.4 is 5.32 Å². The predicted octanol–water partition coefficient (Wildman–Crippen LogP) is 4.43. The lowest BCUT2D eigenvalue weighted by molar-refractivity contribution is -0.117. The van der Waals surface area contributed by atoms with Crippen LogP contribution in [0.15, 0.2) is 59.5 Å². The van der Waals surface area contributed by atoms with Crippen molar-refractivity contribution in [2.45, 2.75) is 17.1 Å². The minimum Gasteiger partial charge on any atom is -0.508 e. The molecule has 0 saturated heterocycles. The van der Waals surface area contributed by atoms with E-state index in [-0.39, 0.29) is 18.2 Å². The summed E-state index contributed by atoms with van der Waals surface area (Å²) in [5.41, 5.74) is 2.66. The molecule has 1 amide bonds. The Morgan fingerprint density at radius 1 is 1.19 bits per heavy atom. The molecular formula is C20H20F2N2O2S. The number of halogens is 2. The highest BCUT2D eigenvalue weighted by Gasteiger charge is 2.17. The van der Waals surface area contributed by atoms with Crippen molar-refractivity contribution < 1.29 is 18.7 Å². The number of aromatic hydroxyl groups is 1. The van der Waals surface area contributed by atoms with Gasteiger partial charge in [0, 0.05) is 18.0 Å². The Morgan fingerprint density at radius 2 is 1.93 bits per heavy atom. The molecular weight excluding hydrogens is 370 g/mol. The van der Waals surface area contributed by atoms with E-state index in [2.05, 4.69) is 11.4 Å².